The molecule has 5 nitrogen and oxygen atoms in total. The number of hydrogen-bond donors (Lipinski definition) is 1. The minimum absolute atomic E-state index is 0.179. The molecule has 0 radical (unpaired) electrons. The van der Waals surface area contributed by atoms with Crippen LogP contribution in [-0.2, 0) is 4.74 Å². The maximum atomic E-state index is 5.75. The van der Waals surface area contributed by atoms with Gasteiger partial charge in [-0.2, -0.15) is 0 Å². The first-order valence-electron chi connectivity index (χ1n) is 6.49. The largest absolute Gasteiger partial charge is 0.423 e. The molecular weight excluding hydrogens is 218 g/mol. The summed E-state index contributed by atoms with van der Waals surface area (Å²) in [4.78, 5) is 0. The van der Waals surface area contributed by atoms with Crippen molar-refractivity contribution in [2.45, 2.75) is 45.1 Å². The fourth-order valence-electron chi connectivity index (χ4n) is 2.01. The van der Waals surface area contributed by atoms with E-state index in [9.17, 15) is 0 Å². The second-order valence-electron chi connectivity index (χ2n) is 4.45. The topological polar surface area (TPSA) is 60.2 Å². The molecule has 2 unspecified atom stereocenters. The first-order chi connectivity index (χ1) is 8.35. The monoisotopic (exact) mass is 239 g/mol. The highest BCUT2D eigenvalue weighted by Gasteiger charge is 2.25. The molecule has 0 spiro atoms. The van der Waals surface area contributed by atoms with Gasteiger partial charge < -0.3 is 14.5 Å². The highest BCUT2D eigenvalue weighted by Crippen LogP contribution is 2.25. The zero-order valence-electron chi connectivity index (χ0n) is 10.6. The maximum absolute atomic E-state index is 5.75. The summed E-state index contributed by atoms with van der Waals surface area (Å²) in [5.41, 5.74) is 0. The highest BCUT2D eigenvalue weighted by molar-refractivity contribution is 4.96. The molecule has 1 aromatic heterocycles. The van der Waals surface area contributed by atoms with E-state index in [-0.39, 0.29) is 6.04 Å². The van der Waals surface area contributed by atoms with Crippen molar-refractivity contribution < 1.29 is 9.15 Å². The third-order valence-electron chi connectivity index (χ3n) is 3.08. The molecule has 2 rings (SSSR count). The molecule has 0 bridgehead atoms. The summed E-state index contributed by atoms with van der Waals surface area (Å²) in [5.74, 6) is 1.73. The molecule has 0 amide bonds. The van der Waals surface area contributed by atoms with E-state index in [1.165, 1.54) is 0 Å². The van der Waals surface area contributed by atoms with E-state index in [4.69, 9.17) is 9.15 Å². The van der Waals surface area contributed by atoms with Gasteiger partial charge in [0.2, 0.25) is 11.8 Å². The molecule has 17 heavy (non-hydrogen) atoms. The van der Waals surface area contributed by atoms with E-state index >= 15 is 0 Å². The predicted octanol–water partition coefficient (Wildman–Crippen LogP) is 2.02. The van der Waals surface area contributed by atoms with Crippen molar-refractivity contribution in [3.8, 4) is 0 Å². The number of aromatic nitrogens is 2. The first-order valence-corrected chi connectivity index (χ1v) is 6.49. The molecule has 2 atom stereocenters. The normalized spacial score (nSPS) is 21.9. The predicted molar refractivity (Wildman–Crippen MR) is 63.8 cm³/mol. The van der Waals surface area contributed by atoms with Crippen LogP contribution in [0.4, 0.5) is 0 Å². The van der Waals surface area contributed by atoms with Crippen molar-refractivity contribution in [2.24, 2.45) is 0 Å². The minimum Gasteiger partial charge on any atom is -0.423 e. The van der Waals surface area contributed by atoms with Crippen molar-refractivity contribution in [3.05, 3.63) is 11.8 Å². The average molecular weight is 239 g/mol. The summed E-state index contributed by atoms with van der Waals surface area (Å²) < 4.78 is 11.1. The van der Waals surface area contributed by atoms with E-state index in [0.29, 0.717) is 18.4 Å². The van der Waals surface area contributed by atoms with Crippen LogP contribution < -0.4 is 5.32 Å². The Bertz CT molecular complexity index is 334. The second kappa shape index (κ2) is 6.12. The van der Waals surface area contributed by atoms with Crippen LogP contribution in [0.1, 0.15) is 56.9 Å². The lowest BCUT2D eigenvalue weighted by Gasteiger charge is -2.11. The van der Waals surface area contributed by atoms with Gasteiger partial charge >= 0.3 is 0 Å². The van der Waals surface area contributed by atoms with Crippen molar-refractivity contribution >= 4 is 0 Å². The quantitative estimate of drug-likeness (QED) is 0.823. The lowest BCUT2D eigenvalue weighted by atomic mass is 10.1. The number of rotatable bonds is 6. The Morgan fingerprint density at radius 3 is 2.94 bits per heavy atom. The Kier molecular flexibility index (Phi) is 4.50. The van der Waals surface area contributed by atoms with Gasteiger partial charge in [0, 0.05) is 6.61 Å². The fraction of sp³-hybridized carbons (Fsp3) is 0.833. The number of nitrogens with zero attached hydrogens (tertiary/aromatic N) is 2. The molecule has 2 heterocycles. The molecule has 0 saturated carbocycles. The summed E-state index contributed by atoms with van der Waals surface area (Å²) in [6, 6.07) is 0.179. The van der Waals surface area contributed by atoms with Gasteiger partial charge in [-0.15, -0.1) is 10.2 Å². The number of hydrogen-bond acceptors (Lipinski definition) is 5. The Balaban J connectivity index is 1.99. The Morgan fingerprint density at radius 2 is 2.29 bits per heavy atom. The van der Waals surface area contributed by atoms with Crippen molar-refractivity contribution in [2.75, 3.05) is 19.8 Å². The van der Waals surface area contributed by atoms with Gasteiger partial charge in [-0.3, -0.25) is 0 Å². The molecule has 1 fully saturated rings. The lowest BCUT2D eigenvalue weighted by Crippen LogP contribution is -2.21. The summed E-state index contributed by atoms with van der Waals surface area (Å²) in [6.07, 6.45) is 3.05. The van der Waals surface area contributed by atoms with Crippen LogP contribution in [0.2, 0.25) is 0 Å². The third kappa shape index (κ3) is 3.04. The van der Waals surface area contributed by atoms with Crippen LogP contribution in [0.15, 0.2) is 4.42 Å². The van der Waals surface area contributed by atoms with Crippen LogP contribution in [0, 0.1) is 0 Å². The van der Waals surface area contributed by atoms with E-state index in [1.807, 2.05) is 0 Å². The standard InChI is InChI=1S/C12H21N3O2/c1-3-6-13-10(4-2)12-15-14-11(17-12)9-5-7-16-8-9/h9-10,13H,3-8H2,1-2H3. The number of nitrogens with one attached hydrogen (secondary N) is 1. The number of ether oxygens (including phenoxy) is 1. The van der Waals surface area contributed by atoms with Crippen molar-refractivity contribution in [1.29, 1.82) is 0 Å². The Hall–Kier alpha value is -0.940. The first kappa shape index (κ1) is 12.5. The molecule has 0 aromatic carbocycles. The molecule has 1 aromatic rings. The Morgan fingerprint density at radius 1 is 1.41 bits per heavy atom. The Labute approximate surface area is 102 Å². The van der Waals surface area contributed by atoms with Gasteiger partial charge in [0.25, 0.3) is 0 Å². The van der Waals surface area contributed by atoms with E-state index in [1.54, 1.807) is 0 Å². The summed E-state index contributed by atoms with van der Waals surface area (Å²) in [5, 5.41) is 11.7. The zero-order chi connectivity index (χ0) is 12.1. The van der Waals surface area contributed by atoms with Gasteiger partial charge in [-0.25, -0.2) is 0 Å². The summed E-state index contributed by atoms with van der Waals surface area (Å²) in [6.45, 7) is 6.75. The summed E-state index contributed by atoms with van der Waals surface area (Å²) in [7, 11) is 0. The average Bonchev–Trinajstić information content (AvgIpc) is 3.00. The van der Waals surface area contributed by atoms with E-state index in [2.05, 4.69) is 29.4 Å². The molecular formula is C12H21N3O2. The van der Waals surface area contributed by atoms with Gasteiger partial charge in [0.05, 0.1) is 18.6 Å². The maximum Gasteiger partial charge on any atom is 0.233 e. The van der Waals surface area contributed by atoms with Gasteiger partial charge in [0.1, 0.15) is 0 Å². The highest BCUT2D eigenvalue weighted by atomic mass is 16.5. The fourth-order valence-corrected chi connectivity index (χ4v) is 2.01. The van der Waals surface area contributed by atoms with Gasteiger partial charge in [-0.1, -0.05) is 13.8 Å². The van der Waals surface area contributed by atoms with Gasteiger partial charge in [-0.05, 0) is 25.8 Å². The van der Waals surface area contributed by atoms with Crippen LogP contribution in [0.3, 0.4) is 0 Å². The van der Waals surface area contributed by atoms with Gasteiger partial charge in [0.15, 0.2) is 0 Å². The van der Waals surface area contributed by atoms with Crippen LogP contribution in [0.5, 0.6) is 0 Å². The molecule has 5 heteroatoms. The molecule has 1 N–H and O–H groups in total. The van der Waals surface area contributed by atoms with Crippen molar-refractivity contribution in [3.63, 3.8) is 0 Å². The smallest absolute Gasteiger partial charge is 0.233 e. The molecule has 1 aliphatic rings. The summed E-state index contributed by atoms with van der Waals surface area (Å²) >= 11 is 0. The SMILES string of the molecule is CCCNC(CC)c1nnc(C2CCOC2)o1. The lowest BCUT2D eigenvalue weighted by molar-refractivity contribution is 0.190. The van der Waals surface area contributed by atoms with Crippen LogP contribution in [-0.4, -0.2) is 30.0 Å². The minimum atomic E-state index is 0.179. The zero-order valence-corrected chi connectivity index (χ0v) is 10.6. The third-order valence-corrected chi connectivity index (χ3v) is 3.08. The molecule has 1 aliphatic heterocycles. The van der Waals surface area contributed by atoms with Crippen LogP contribution in [0.25, 0.3) is 0 Å². The van der Waals surface area contributed by atoms with Crippen LogP contribution >= 0.6 is 0 Å². The molecule has 0 aliphatic carbocycles. The molecule has 96 valence electrons. The van der Waals surface area contributed by atoms with E-state index < -0.39 is 0 Å². The molecule has 1 saturated heterocycles. The van der Waals surface area contributed by atoms with Crippen molar-refractivity contribution in [1.82, 2.24) is 15.5 Å². The second-order valence-corrected chi connectivity index (χ2v) is 4.45. The van der Waals surface area contributed by atoms with E-state index in [0.717, 1.165) is 38.3 Å².